The van der Waals surface area contributed by atoms with Crippen LogP contribution in [0.3, 0.4) is 0 Å². The summed E-state index contributed by atoms with van der Waals surface area (Å²) < 4.78 is 5.21. The van der Waals surface area contributed by atoms with Crippen LogP contribution in [0, 0.1) is 37.8 Å². The summed E-state index contributed by atoms with van der Waals surface area (Å²) in [7, 11) is 0. The van der Waals surface area contributed by atoms with Crippen LogP contribution < -0.4 is 4.74 Å². The maximum Gasteiger partial charge on any atom is 0.269 e. The third-order valence-corrected chi connectivity index (χ3v) is 4.79. The van der Waals surface area contributed by atoms with Crippen LogP contribution in [0.5, 0.6) is 5.75 Å². The Hall–Kier alpha value is -2.62. The van der Waals surface area contributed by atoms with E-state index in [0.29, 0.717) is 6.61 Å². The Kier molecular flexibility index (Phi) is 4.14. The lowest BCUT2D eigenvalue weighted by molar-refractivity contribution is -0.384. The van der Waals surface area contributed by atoms with Crippen molar-refractivity contribution in [1.82, 2.24) is 0 Å². The molecule has 124 valence electrons. The van der Waals surface area contributed by atoms with Gasteiger partial charge in [0.15, 0.2) is 0 Å². The molecule has 0 saturated heterocycles. The number of benzene rings is 4. The molecule has 1 aliphatic rings. The third-order valence-electron chi connectivity index (χ3n) is 4.79. The molecule has 1 heterocycles. The van der Waals surface area contributed by atoms with E-state index in [-0.39, 0.29) is 5.69 Å². The van der Waals surface area contributed by atoms with Gasteiger partial charge in [0, 0.05) is 24.1 Å². The predicted octanol–water partition coefficient (Wildman–Crippen LogP) is 5.04. The van der Waals surface area contributed by atoms with E-state index in [1.165, 1.54) is 39.1 Å². The summed E-state index contributed by atoms with van der Waals surface area (Å²) in [5, 5.41) is 13.2. The summed E-state index contributed by atoms with van der Waals surface area (Å²) in [6, 6.07) is 9.25. The van der Waals surface area contributed by atoms with E-state index < -0.39 is 4.92 Å². The summed E-state index contributed by atoms with van der Waals surface area (Å²) in [5.41, 5.74) is 6.83. The van der Waals surface area contributed by atoms with Crippen molar-refractivity contribution in [2.45, 2.75) is 34.1 Å². The van der Waals surface area contributed by atoms with Gasteiger partial charge in [-0.15, -0.1) is 0 Å². The van der Waals surface area contributed by atoms with E-state index in [1.54, 1.807) is 12.1 Å². The minimum atomic E-state index is -0.390. The highest BCUT2D eigenvalue weighted by molar-refractivity contribution is 5.84. The highest BCUT2D eigenvalue weighted by Crippen LogP contribution is 2.30. The number of ether oxygens (including phenoxy) is 1. The Morgan fingerprint density at radius 3 is 2.21 bits per heavy atom. The summed E-state index contributed by atoms with van der Waals surface area (Å²) in [6.45, 7) is 9.45. The topological polar surface area (TPSA) is 52.4 Å². The molecule has 0 unspecified atom stereocenters. The Labute approximate surface area is 141 Å². The quantitative estimate of drug-likeness (QED) is 0.465. The van der Waals surface area contributed by atoms with E-state index in [4.69, 9.17) is 4.74 Å². The lowest BCUT2D eigenvalue weighted by Crippen LogP contribution is -1.93. The highest BCUT2D eigenvalue weighted by Gasteiger charge is 2.15. The lowest BCUT2D eigenvalue weighted by Gasteiger charge is -2.14. The highest BCUT2D eigenvalue weighted by atomic mass is 16.6. The number of non-ortho nitro benzene ring substituents is 1. The molecule has 0 atom stereocenters. The predicted molar refractivity (Wildman–Crippen MR) is 96.4 cm³/mol. The Morgan fingerprint density at radius 1 is 1.00 bits per heavy atom. The van der Waals surface area contributed by atoms with Crippen molar-refractivity contribution >= 4 is 16.5 Å². The zero-order chi connectivity index (χ0) is 17.4. The molecular weight excluding hydrogens is 302 g/mol. The normalized spacial score (nSPS) is 12.5. The number of aryl methyl sites for hydroxylation is 4. The molecule has 0 amide bonds. The molecule has 0 spiro atoms. The number of hydrogen-bond acceptors (Lipinski definition) is 3. The second-order valence-corrected chi connectivity index (χ2v) is 6.38. The number of fused-ring (bicyclic) bond motifs is 4. The van der Waals surface area contributed by atoms with E-state index in [9.17, 15) is 10.1 Å². The van der Waals surface area contributed by atoms with Gasteiger partial charge in [0.05, 0.1) is 11.5 Å². The van der Waals surface area contributed by atoms with Crippen molar-refractivity contribution < 1.29 is 9.66 Å². The lowest BCUT2D eigenvalue weighted by atomic mass is 9.90. The van der Waals surface area contributed by atoms with Crippen molar-refractivity contribution in [1.29, 1.82) is 0 Å². The monoisotopic (exact) mass is 323 g/mol. The molecule has 0 saturated carbocycles. The van der Waals surface area contributed by atoms with E-state index in [1.807, 2.05) is 0 Å². The molecule has 4 heteroatoms. The van der Waals surface area contributed by atoms with Crippen LogP contribution in [0.2, 0.25) is 0 Å². The molecule has 0 N–H and O–H groups in total. The SMILES string of the molecule is Cc1c(C)c2c(C)cc1cc2C.O=[N+]([O-])c1ccc2c(c1)CCO2. The van der Waals surface area contributed by atoms with Crippen LogP contribution in [-0.4, -0.2) is 11.5 Å². The first kappa shape index (κ1) is 16.2. The number of nitro benzene ring substituents is 1. The van der Waals surface area contributed by atoms with Crippen LogP contribution >= 0.6 is 0 Å². The maximum atomic E-state index is 10.4. The van der Waals surface area contributed by atoms with Crippen LogP contribution in [0.15, 0.2) is 30.3 Å². The average Bonchev–Trinajstić information content (AvgIpc) is 2.99. The third kappa shape index (κ3) is 2.80. The summed E-state index contributed by atoms with van der Waals surface area (Å²) in [5.74, 6) is 0.778. The molecule has 4 aromatic carbocycles. The molecular formula is C20H21NO3. The van der Waals surface area contributed by atoms with Crippen molar-refractivity contribution in [3.8, 4) is 5.75 Å². The van der Waals surface area contributed by atoms with Gasteiger partial charge in [0.2, 0.25) is 0 Å². The Balaban J connectivity index is 0.000000141. The van der Waals surface area contributed by atoms with Gasteiger partial charge in [-0.05, 0) is 66.8 Å². The zero-order valence-corrected chi connectivity index (χ0v) is 14.5. The fourth-order valence-corrected chi connectivity index (χ4v) is 3.46. The summed E-state index contributed by atoms with van der Waals surface area (Å²) >= 11 is 0. The largest absolute Gasteiger partial charge is 0.493 e. The fraction of sp³-hybridized carbons (Fsp3) is 0.300. The van der Waals surface area contributed by atoms with E-state index in [2.05, 4.69) is 39.8 Å². The number of nitrogens with zero attached hydrogens (tertiary/aromatic N) is 1. The van der Waals surface area contributed by atoms with Gasteiger partial charge in [0.25, 0.3) is 5.69 Å². The molecule has 2 bridgehead atoms. The van der Waals surface area contributed by atoms with Gasteiger partial charge in [-0.2, -0.15) is 0 Å². The van der Waals surface area contributed by atoms with Gasteiger partial charge in [-0.1, -0.05) is 12.1 Å². The molecule has 24 heavy (non-hydrogen) atoms. The summed E-state index contributed by atoms with van der Waals surface area (Å²) in [4.78, 5) is 9.98. The first-order valence-corrected chi connectivity index (χ1v) is 8.08. The minimum Gasteiger partial charge on any atom is -0.493 e. The molecule has 4 nitrogen and oxygen atoms in total. The molecule has 5 rings (SSSR count). The Bertz CT molecular complexity index is 888. The van der Waals surface area contributed by atoms with Gasteiger partial charge < -0.3 is 4.74 Å². The van der Waals surface area contributed by atoms with Crippen molar-refractivity contribution in [2.24, 2.45) is 0 Å². The maximum absolute atomic E-state index is 10.4. The molecule has 0 radical (unpaired) electrons. The number of hydrogen-bond donors (Lipinski definition) is 0. The average molecular weight is 323 g/mol. The molecule has 1 aliphatic heterocycles. The van der Waals surface area contributed by atoms with Gasteiger partial charge in [-0.25, -0.2) is 0 Å². The second-order valence-electron chi connectivity index (χ2n) is 6.38. The minimum absolute atomic E-state index is 0.138. The molecule has 0 fully saturated rings. The van der Waals surface area contributed by atoms with Crippen molar-refractivity contribution in [3.05, 3.63) is 68.3 Å². The zero-order valence-electron chi connectivity index (χ0n) is 14.5. The first-order valence-electron chi connectivity index (χ1n) is 8.08. The van der Waals surface area contributed by atoms with Gasteiger partial charge >= 0.3 is 0 Å². The van der Waals surface area contributed by atoms with E-state index in [0.717, 1.165) is 17.7 Å². The Morgan fingerprint density at radius 2 is 1.67 bits per heavy atom. The first-order chi connectivity index (χ1) is 11.4. The summed E-state index contributed by atoms with van der Waals surface area (Å²) in [6.07, 6.45) is 0.775. The van der Waals surface area contributed by atoms with Crippen LogP contribution in [0.1, 0.15) is 27.8 Å². The molecule has 0 aromatic heterocycles. The van der Waals surface area contributed by atoms with Crippen molar-refractivity contribution in [2.75, 3.05) is 6.61 Å². The van der Waals surface area contributed by atoms with Gasteiger partial charge in [0.1, 0.15) is 5.75 Å². The standard InChI is InChI=1S/C12H14.C8H7NO3/c1-7-5-11-6-8(2)12(7)10(4)9(11)3;10-9(11)7-1-2-8-6(5-7)3-4-12-8/h5-6H,1-4H3;1-2,5H,3-4H2. The van der Waals surface area contributed by atoms with Crippen LogP contribution in [-0.2, 0) is 6.42 Å². The number of rotatable bonds is 1. The smallest absolute Gasteiger partial charge is 0.269 e. The number of nitro groups is 1. The second kappa shape index (κ2) is 6.11. The van der Waals surface area contributed by atoms with Crippen LogP contribution in [0.25, 0.3) is 10.8 Å². The fourth-order valence-electron chi connectivity index (χ4n) is 3.46. The van der Waals surface area contributed by atoms with E-state index >= 15 is 0 Å². The molecule has 0 aliphatic carbocycles. The van der Waals surface area contributed by atoms with Gasteiger partial charge in [-0.3, -0.25) is 10.1 Å². The molecule has 4 aromatic rings. The van der Waals surface area contributed by atoms with Crippen LogP contribution in [0.4, 0.5) is 5.69 Å². The van der Waals surface area contributed by atoms with Crippen molar-refractivity contribution in [3.63, 3.8) is 0 Å².